The Morgan fingerprint density at radius 2 is 1.70 bits per heavy atom. The molecule has 3 heteroatoms. The van der Waals surface area contributed by atoms with E-state index in [1.165, 1.54) is 25.7 Å². The first-order valence-corrected chi connectivity index (χ1v) is 7.54. The average Bonchev–Trinajstić information content (AvgIpc) is 2.87. The molecule has 0 bridgehead atoms. The summed E-state index contributed by atoms with van der Waals surface area (Å²) >= 11 is 7.70. The largest absolute Gasteiger partial charge is 0.244 e. The Bertz CT molecular complexity index is 909. The number of rotatable bonds is 1. The van der Waals surface area contributed by atoms with Gasteiger partial charge in [-0.1, -0.05) is 48.0 Å². The van der Waals surface area contributed by atoms with Crippen LogP contribution in [0.15, 0.2) is 60.8 Å². The zero-order valence-electron chi connectivity index (χ0n) is 10.5. The van der Waals surface area contributed by atoms with Crippen molar-refractivity contribution >= 4 is 43.1 Å². The molecule has 0 saturated carbocycles. The van der Waals surface area contributed by atoms with Gasteiger partial charge in [-0.3, -0.25) is 0 Å². The second kappa shape index (κ2) is 4.58. The molecule has 20 heavy (non-hydrogen) atoms. The molecule has 0 radical (unpaired) electrons. The van der Waals surface area contributed by atoms with Gasteiger partial charge in [0.15, 0.2) is 0 Å². The SMILES string of the molecule is Clc1ccc(-c2cccc3c2sc2ccccc23)cn1. The fraction of sp³-hybridized carbons (Fsp3) is 0. The molecule has 2 aromatic heterocycles. The Hall–Kier alpha value is -1.90. The van der Waals surface area contributed by atoms with Crippen LogP contribution in [0.4, 0.5) is 0 Å². The maximum atomic E-state index is 5.87. The highest BCUT2D eigenvalue weighted by atomic mass is 35.5. The van der Waals surface area contributed by atoms with Gasteiger partial charge < -0.3 is 0 Å². The molecule has 4 aromatic rings. The van der Waals surface area contributed by atoms with Crippen molar-refractivity contribution < 1.29 is 0 Å². The fourth-order valence-corrected chi connectivity index (χ4v) is 3.86. The first-order valence-electron chi connectivity index (χ1n) is 6.35. The summed E-state index contributed by atoms with van der Waals surface area (Å²) in [5, 5.41) is 3.14. The number of hydrogen-bond donors (Lipinski definition) is 0. The number of hydrogen-bond acceptors (Lipinski definition) is 2. The second-order valence-electron chi connectivity index (χ2n) is 4.65. The van der Waals surface area contributed by atoms with E-state index >= 15 is 0 Å². The lowest BCUT2D eigenvalue weighted by atomic mass is 10.0. The van der Waals surface area contributed by atoms with Gasteiger partial charge in [0.25, 0.3) is 0 Å². The summed E-state index contributed by atoms with van der Waals surface area (Å²) in [4.78, 5) is 4.19. The number of benzene rings is 2. The summed E-state index contributed by atoms with van der Waals surface area (Å²) in [6, 6.07) is 18.8. The first kappa shape index (κ1) is 11.9. The maximum Gasteiger partial charge on any atom is 0.129 e. The van der Waals surface area contributed by atoms with Crippen LogP contribution >= 0.6 is 22.9 Å². The normalized spacial score (nSPS) is 11.2. The second-order valence-corrected chi connectivity index (χ2v) is 6.09. The van der Waals surface area contributed by atoms with Crippen LogP contribution in [0, 0.1) is 0 Å². The van der Waals surface area contributed by atoms with E-state index in [-0.39, 0.29) is 0 Å². The molecule has 0 aliphatic heterocycles. The van der Waals surface area contributed by atoms with E-state index in [1.54, 1.807) is 0 Å². The Morgan fingerprint density at radius 3 is 2.55 bits per heavy atom. The minimum Gasteiger partial charge on any atom is -0.244 e. The molecule has 0 amide bonds. The van der Waals surface area contributed by atoms with E-state index in [0.29, 0.717) is 5.15 Å². The van der Waals surface area contributed by atoms with E-state index in [4.69, 9.17) is 11.6 Å². The zero-order valence-corrected chi connectivity index (χ0v) is 12.1. The van der Waals surface area contributed by atoms with Crippen molar-refractivity contribution in [1.82, 2.24) is 4.98 Å². The van der Waals surface area contributed by atoms with E-state index in [2.05, 4.69) is 47.4 Å². The van der Waals surface area contributed by atoms with E-state index in [1.807, 2.05) is 29.7 Å². The fourth-order valence-electron chi connectivity index (χ4n) is 2.51. The summed E-state index contributed by atoms with van der Waals surface area (Å²) in [6.45, 7) is 0. The minimum absolute atomic E-state index is 0.525. The van der Waals surface area contributed by atoms with Gasteiger partial charge in [-0.25, -0.2) is 4.98 Å². The van der Waals surface area contributed by atoms with Gasteiger partial charge in [0.2, 0.25) is 0 Å². The van der Waals surface area contributed by atoms with Crippen LogP contribution in [0.3, 0.4) is 0 Å². The smallest absolute Gasteiger partial charge is 0.129 e. The lowest BCUT2D eigenvalue weighted by molar-refractivity contribution is 1.33. The molecule has 2 aromatic carbocycles. The molecular weight excluding hydrogens is 286 g/mol. The topological polar surface area (TPSA) is 12.9 Å². The molecule has 96 valence electrons. The minimum atomic E-state index is 0.525. The molecule has 1 nitrogen and oxygen atoms in total. The van der Waals surface area contributed by atoms with Crippen molar-refractivity contribution in [2.75, 3.05) is 0 Å². The number of aromatic nitrogens is 1. The van der Waals surface area contributed by atoms with Crippen LogP contribution in [-0.4, -0.2) is 4.98 Å². The third-order valence-electron chi connectivity index (χ3n) is 3.44. The molecule has 0 atom stereocenters. The highest BCUT2D eigenvalue weighted by molar-refractivity contribution is 7.26. The van der Waals surface area contributed by atoms with Crippen LogP contribution in [0.25, 0.3) is 31.3 Å². The lowest BCUT2D eigenvalue weighted by Gasteiger charge is -2.03. The Labute approximate surface area is 125 Å². The molecule has 0 unspecified atom stereocenters. The molecule has 2 heterocycles. The summed E-state index contributed by atoms with van der Waals surface area (Å²) in [5.41, 5.74) is 2.32. The van der Waals surface area contributed by atoms with Crippen molar-refractivity contribution in [3.05, 3.63) is 65.9 Å². The van der Waals surface area contributed by atoms with E-state index < -0.39 is 0 Å². The predicted octanol–water partition coefficient (Wildman–Crippen LogP) is 5.77. The van der Waals surface area contributed by atoms with Gasteiger partial charge in [-0.15, -0.1) is 11.3 Å². The van der Waals surface area contributed by atoms with Gasteiger partial charge in [-0.05, 0) is 18.2 Å². The Morgan fingerprint density at radius 1 is 0.850 bits per heavy atom. The molecular formula is C17H10ClNS. The standard InChI is InChI=1S/C17H10ClNS/c18-16-9-8-11(10-19-16)12-5-3-6-14-13-4-1-2-7-15(13)20-17(12)14/h1-10H. The lowest BCUT2D eigenvalue weighted by Crippen LogP contribution is -1.80. The Kier molecular flexibility index (Phi) is 2.72. The third kappa shape index (κ3) is 1.80. The van der Waals surface area contributed by atoms with Crippen LogP contribution < -0.4 is 0 Å². The zero-order chi connectivity index (χ0) is 13.5. The number of pyridine rings is 1. The summed E-state index contributed by atoms with van der Waals surface area (Å²) in [5.74, 6) is 0. The van der Waals surface area contributed by atoms with Crippen molar-refractivity contribution in [1.29, 1.82) is 0 Å². The molecule has 0 aliphatic rings. The van der Waals surface area contributed by atoms with Crippen LogP contribution in [0.1, 0.15) is 0 Å². The van der Waals surface area contributed by atoms with Crippen molar-refractivity contribution in [2.45, 2.75) is 0 Å². The number of halogens is 1. The number of fused-ring (bicyclic) bond motifs is 3. The highest BCUT2D eigenvalue weighted by Gasteiger charge is 2.09. The molecule has 0 aliphatic carbocycles. The monoisotopic (exact) mass is 295 g/mol. The third-order valence-corrected chi connectivity index (χ3v) is 4.89. The molecule has 0 fully saturated rings. The summed E-state index contributed by atoms with van der Waals surface area (Å²) in [7, 11) is 0. The summed E-state index contributed by atoms with van der Waals surface area (Å²) in [6.07, 6.45) is 1.83. The first-order chi connectivity index (χ1) is 9.83. The number of nitrogens with zero attached hydrogens (tertiary/aromatic N) is 1. The number of thiophene rings is 1. The Balaban J connectivity index is 2.07. The van der Waals surface area contributed by atoms with Gasteiger partial charge in [-0.2, -0.15) is 0 Å². The highest BCUT2D eigenvalue weighted by Crippen LogP contribution is 2.39. The van der Waals surface area contributed by atoms with Crippen molar-refractivity contribution in [2.24, 2.45) is 0 Å². The molecule has 4 rings (SSSR count). The van der Waals surface area contributed by atoms with Crippen LogP contribution in [0.2, 0.25) is 5.15 Å². The average molecular weight is 296 g/mol. The van der Waals surface area contributed by atoms with Gasteiger partial charge in [0.05, 0.1) is 0 Å². The van der Waals surface area contributed by atoms with Gasteiger partial charge in [0, 0.05) is 37.5 Å². The maximum absolute atomic E-state index is 5.87. The van der Waals surface area contributed by atoms with Crippen molar-refractivity contribution in [3.8, 4) is 11.1 Å². The quantitative estimate of drug-likeness (QED) is 0.406. The molecule has 0 N–H and O–H groups in total. The van der Waals surface area contributed by atoms with E-state index in [0.717, 1.165) is 5.56 Å². The van der Waals surface area contributed by atoms with Crippen LogP contribution in [0.5, 0.6) is 0 Å². The summed E-state index contributed by atoms with van der Waals surface area (Å²) < 4.78 is 2.62. The molecule has 0 saturated heterocycles. The van der Waals surface area contributed by atoms with Crippen molar-refractivity contribution in [3.63, 3.8) is 0 Å². The van der Waals surface area contributed by atoms with Gasteiger partial charge in [0.1, 0.15) is 5.15 Å². The van der Waals surface area contributed by atoms with Gasteiger partial charge >= 0.3 is 0 Å². The molecule has 0 spiro atoms. The van der Waals surface area contributed by atoms with Crippen LogP contribution in [-0.2, 0) is 0 Å². The van der Waals surface area contributed by atoms with E-state index in [9.17, 15) is 0 Å². The predicted molar refractivity (Wildman–Crippen MR) is 87.6 cm³/mol.